The van der Waals surface area contributed by atoms with Gasteiger partial charge in [0, 0.05) is 31.1 Å². The van der Waals surface area contributed by atoms with Gasteiger partial charge in [0.15, 0.2) is 0 Å². The van der Waals surface area contributed by atoms with Crippen molar-refractivity contribution < 1.29 is 14.4 Å². The van der Waals surface area contributed by atoms with E-state index in [2.05, 4.69) is 23.3 Å². The molecule has 5 nitrogen and oxygen atoms in total. The van der Waals surface area contributed by atoms with Crippen molar-refractivity contribution in [1.29, 1.82) is 0 Å². The third-order valence-corrected chi connectivity index (χ3v) is 5.38. The maximum absolute atomic E-state index is 11.0. The molecule has 0 fully saturated rings. The van der Waals surface area contributed by atoms with E-state index < -0.39 is 7.60 Å². The van der Waals surface area contributed by atoms with Crippen molar-refractivity contribution >= 4 is 18.9 Å². The number of hydrogen-bond acceptors (Lipinski definition) is 4. The summed E-state index contributed by atoms with van der Waals surface area (Å²) in [5.74, 6) is 0. The molecule has 2 aromatic rings. The van der Waals surface area contributed by atoms with Crippen molar-refractivity contribution in [3.8, 4) is 0 Å². The van der Waals surface area contributed by atoms with E-state index in [0.29, 0.717) is 12.1 Å². The maximum atomic E-state index is 11.0. The quantitative estimate of drug-likeness (QED) is 0.635. The lowest BCUT2D eigenvalue weighted by Crippen LogP contribution is -2.28. The van der Waals surface area contributed by atoms with Gasteiger partial charge in [0.05, 0.1) is 6.16 Å². The van der Waals surface area contributed by atoms with Crippen LogP contribution in [0.1, 0.15) is 21.6 Å². The molecule has 0 aliphatic carbocycles. The predicted octanol–water partition coefficient (Wildman–Crippen LogP) is 2.70. The Morgan fingerprint density at radius 1 is 1.13 bits per heavy atom. The zero-order valence-electron chi connectivity index (χ0n) is 13.2. The molecule has 0 saturated heterocycles. The van der Waals surface area contributed by atoms with Gasteiger partial charge in [-0.3, -0.25) is 9.46 Å². The molecule has 0 bridgehead atoms. The normalized spacial score (nSPS) is 12.0. The van der Waals surface area contributed by atoms with Crippen LogP contribution in [0.15, 0.2) is 35.7 Å². The van der Waals surface area contributed by atoms with Gasteiger partial charge in [0.25, 0.3) is 0 Å². The van der Waals surface area contributed by atoms with Gasteiger partial charge >= 0.3 is 7.60 Å². The number of benzene rings is 1. The van der Waals surface area contributed by atoms with E-state index in [1.54, 1.807) is 23.5 Å². The lowest BCUT2D eigenvalue weighted by molar-refractivity contribution is 0.266. The van der Waals surface area contributed by atoms with Gasteiger partial charge in [0.2, 0.25) is 0 Å². The highest BCUT2D eigenvalue weighted by Gasteiger charge is 2.14. The largest absolute Gasteiger partial charge is 0.329 e. The number of rotatable bonds is 8. The first-order valence-electron chi connectivity index (χ1n) is 7.45. The molecular formula is C16H23N2O3PS. The van der Waals surface area contributed by atoms with E-state index in [9.17, 15) is 4.57 Å². The summed E-state index contributed by atoms with van der Waals surface area (Å²) in [6.07, 6.45) is -0.214. The van der Waals surface area contributed by atoms with Crippen LogP contribution < -0.4 is 5.73 Å². The second kappa shape index (κ2) is 8.20. The average Bonchev–Trinajstić information content (AvgIpc) is 2.85. The topological polar surface area (TPSA) is 86.8 Å². The molecule has 4 N–H and O–H groups in total. The summed E-state index contributed by atoms with van der Waals surface area (Å²) in [5.41, 5.74) is 8.79. The van der Waals surface area contributed by atoms with Gasteiger partial charge < -0.3 is 15.5 Å². The summed E-state index contributed by atoms with van der Waals surface area (Å²) in [6.45, 7) is 5.15. The van der Waals surface area contributed by atoms with Crippen molar-refractivity contribution in [3.05, 3.63) is 57.3 Å². The first-order valence-corrected chi connectivity index (χ1v) is 10.1. The molecule has 0 atom stereocenters. The Labute approximate surface area is 140 Å². The number of nitrogens with two attached hydrogens (primary N) is 1. The molecule has 1 heterocycles. The number of hydrogen-bond donors (Lipinski definition) is 3. The molecule has 0 spiro atoms. The van der Waals surface area contributed by atoms with Crippen molar-refractivity contribution in [3.63, 3.8) is 0 Å². The van der Waals surface area contributed by atoms with Gasteiger partial charge in [-0.25, -0.2) is 0 Å². The third-order valence-electron chi connectivity index (χ3n) is 3.60. The fourth-order valence-electron chi connectivity index (χ4n) is 2.41. The summed E-state index contributed by atoms with van der Waals surface area (Å²) in [7, 11) is -4.01. The summed E-state index contributed by atoms with van der Waals surface area (Å²) in [4.78, 5) is 21.7. The Kier molecular flexibility index (Phi) is 6.53. The first-order chi connectivity index (χ1) is 10.9. The van der Waals surface area contributed by atoms with Crippen LogP contribution in [0, 0.1) is 6.92 Å². The second-order valence-electron chi connectivity index (χ2n) is 5.67. The highest BCUT2D eigenvalue weighted by atomic mass is 32.1. The minimum atomic E-state index is -4.01. The van der Waals surface area contributed by atoms with Crippen LogP contribution in [0.2, 0.25) is 0 Å². The molecule has 2 rings (SSSR count). The van der Waals surface area contributed by atoms with Crippen LogP contribution in [-0.4, -0.2) is 27.8 Å². The molecule has 126 valence electrons. The number of thiophene rings is 1. The molecule has 23 heavy (non-hydrogen) atoms. The highest BCUT2D eigenvalue weighted by Crippen LogP contribution is 2.38. The first kappa shape index (κ1) is 18.3. The molecule has 1 aromatic carbocycles. The Hall–Kier alpha value is -1.01. The Balaban J connectivity index is 2.02. The van der Waals surface area contributed by atoms with E-state index in [1.807, 2.05) is 12.1 Å². The van der Waals surface area contributed by atoms with E-state index in [1.165, 1.54) is 10.4 Å². The molecule has 1 aromatic heterocycles. The van der Waals surface area contributed by atoms with E-state index in [-0.39, 0.29) is 6.16 Å². The van der Waals surface area contributed by atoms with Crippen molar-refractivity contribution in [2.45, 2.75) is 26.2 Å². The molecule has 0 aliphatic rings. The number of nitrogens with zero attached hydrogens (tertiary/aromatic N) is 1. The van der Waals surface area contributed by atoms with Crippen molar-refractivity contribution in [1.82, 2.24) is 4.90 Å². The van der Waals surface area contributed by atoms with Crippen LogP contribution in [0.3, 0.4) is 0 Å². The fourth-order valence-corrected chi connectivity index (χ4v) is 4.05. The molecule has 0 saturated carbocycles. The lowest BCUT2D eigenvalue weighted by Gasteiger charge is -2.21. The highest BCUT2D eigenvalue weighted by molar-refractivity contribution is 7.50. The van der Waals surface area contributed by atoms with Gasteiger partial charge in [-0.1, -0.05) is 24.3 Å². The molecule has 7 heteroatoms. The summed E-state index contributed by atoms with van der Waals surface area (Å²) in [5, 5.41) is 2.10. The van der Waals surface area contributed by atoms with Gasteiger partial charge in [0.1, 0.15) is 0 Å². The third kappa shape index (κ3) is 6.18. The maximum Gasteiger partial charge on any atom is 0.329 e. The number of aryl methyl sites for hydroxylation is 1. The predicted molar refractivity (Wildman–Crippen MR) is 94.4 cm³/mol. The van der Waals surface area contributed by atoms with Crippen molar-refractivity contribution in [2.75, 3.05) is 13.1 Å². The van der Waals surface area contributed by atoms with E-state index in [0.717, 1.165) is 25.2 Å². The standard InChI is InChI=1S/C16H23N2O3PS/c1-13-6-9-23-16(13)11-18(8-7-17)10-14-2-4-15(5-3-14)12-22(19,20)21/h2-6,9H,7-8,10-12,17H2,1H3,(H2,19,20,21). The zero-order valence-corrected chi connectivity index (χ0v) is 14.9. The van der Waals surface area contributed by atoms with Gasteiger partial charge in [-0.2, -0.15) is 0 Å². The smallest absolute Gasteiger partial charge is 0.329 e. The zero-order chi connectivity index (χ0) is 16.9. The summed E-state index contributed by atoms with van der Waals surface area (Å²) >= 11 is 1.75. The molecule has 0 amide bonds. The Morgan fingerprint density at radius 2 is 1.78 bits per heavy atom. The Bertz CT molecular complexity index is 666. The van der Waals surface area contributed by atoms with Crippen LogP contribution >= 0.6 is 18.9 Å². The minimum Gasteiger partial charge on any atom is -0.329 e. The summed E-state index contributed by atoms with van der Waals surface area (Å²) in [6, 6.07) is 9.54. The van der Waals surface area contributed by atoms with Crippen LogP contribution in [0.5, 0.6) is 0 Å². The van der Waals surface area contributed by atoms with Crippen molar-refractivity contribution in [2.24, 2.45) is 5.73 Å². The van der Waals surface area contributed by atoms with E-state index >= 15 is 0 Å². The van der Waals surface area contributed by atoms with Crippen LogP contribution in [0.4, 0.5) is 0 Å². The Morgan fingerprint density at radius 3 is 2.30 bits per heavy atom. The van der Waals surface area contributed by atoms with Gasteiger partial charge in [-0.05, 0) is 35.1 Å². The van der Waals surface area contributed by atoms with Gasteiger partial charge in [-0.15, -0.1) is 11.3 Å². The fraction of sp³-hybridized carbons (Fsp3) is 0.375. The monoisotopic (exact) mass is 354 g/mol. The molecule has 0 aliphatic heterocycles. The SMILES string of the molecule is Cc1ccsc1CN(CCN)Cc1ccc(CP(=O)(O)O)cc1. The van der Waals surface area contributed by atoms with Crippen LogP contribution in [0.25, 0.3) is 0 Å². The molecule has 0 unspecified atom stereocenters. The molecular weight excluding hydrogens is 331 g/mol. The van der Waals surface area contributed by atoms with E-state index in [4.69, 9.17) is 15.5 Å². The lowest BCUT2D eigenvalue weighted by atomic mass is 10.1. The second-order valence-corrected chi connectivity index (χ2v) is 8.31. The summed E-state index contributed by atoms with van der Waals surface area (Å²) < 4.78 is 11.0. The molecule has 0 radical (unpaired) electrons. The average molecular weight is 354 g/mol. The van der Waals surface area contributed by atoms with Crippen LogP contribution in [-0.2, 0) is 23.8 Å². The minimum absolute atomic E-state index is 0.214.